The fraction of sp³-hybridized carbons (Fsp3) is 0.824. The van der Waals surface area contributed by atoms with Gasteiger partial charge in [0.25, 0.3) is 0 Å². The van der Waals surface area contributed by atoms with E-state index in [0.29, 0.717) is 12.2 Å². The first-order chi connectivity index (χ1) is 9.54. The quantitative estimate of drug-likeness (QED) is 0.204. The molecule has 0 amide bonds. The number of esters is 1. The van der Waals surface area contributed by atoms with E-state index in [2.05, 4.69) is 19.7 Å². The van der Waals surface area contributed by atoms with E-state index in [9.17, 15) is 4.79 Å². The summed E-state index contributed by atoms with van der Waals surface area (Å²) in [5.41, 5.74) is 0.491. The first kappa shape index (κ1) is 19.4. The standard InChI is InChI=1S/C17H34O2Si/c1-16(2)17(18)19-14-12-10-8-6-5-7-9-11-13-15-20(3)4/h20H,1,5-15H2,2-4H3. The van der Waals surface area contributed by atoms with Crippen molar-refractivity contribution in [3.05, 3.63) is 12.2 Å². The van der Waals surface area contributed by atoms with Crippen molar-refractivity contribution < 1.29 is 9.53 Å². The van der Waals surface area contributed by atoms with Crippen LogP contribution in [-0.2, 0) is 9.53 Å². The second-order valence-electron chi connectivity index (χ2n) is 6.28. The average molecular weight is 299 g/mol. The van der Waals surface area contributed by atoms with Gasteiger partial charge >= 0.3 is 5.97 Å². The Balaban J connectivity index is 3.10. The average Bonchev–Trinajstić information content (AvgIpc) is 2.39. The smallest absolute Gasteiger partial charge is 0.333 e. The highest BCUT2D eigenvalue weighted by molar-refractivity contribution is 6.55. The molecule has 118 valence electrons. The Morgan fingerprint density at radius 2 is 1.35 bits per heavy atom. The summed E-state index contributed by atoms with van der Waals surface area (Å²) in [6, 6.07) is 1.52. The molecule has 0 aliphatic carbocycles. The Bertz CT molecular complexity index is 262. The normalized spacial score (nSPS) is 10.8. The molecule has 0 aromatic heterocycles. The highest BCUT2D eigenvalue weighted by atomic mass is 28.3. The molecule has 0 aromatic carbocycles. The summed E-state index contributed by atoms with van der Waals surface area (Å²) in [5, 5.41) is 0. The predicted octanol–water partition coefficient (Wildman–Crippen LogP) is 5.10. The van der Waals surface area contributed by atoms with E-state index in [0.717, 1.165) is 6.42 Å². The Morgan fingerprint density at radius 1 is 0.900 bits per heavy atom. The first-order valence-electron chi connectivity index (χ1n) is 8.36. The van der Waals surface area contributed by atoms with Gasteiger partial charge in [0, 0.05) is 14.4 Å². The minimum atomic E-state index is -0.307. The molecule has 0 radical (unpaired) electrons. The van der Waals surface area contributed by atoms with Gasteiger partial charge in [-0.2, -0.15) is 0 Å². The lowest BCUT2D eigenvalue weighted by Gasteiger charge is -2.05. The summed E-state index contributed by atoms with van der Waals surface area (Å²) < 4.78 is 5.06. The van der Waals surface area contributed by atoms with Crippen LogP contribution in [0.5, 0.6) is 0 Å². The van der Waals surface area contributed by atoms with Crippen molar-refractivity contribution in [2.45, 2.75) is 83.8 Å². The molecule has 0 heterocycles. The molecule has 20 heavy (non-hydrogen) atoms. The van der Waals surface area contributed by atoms with Crippen molar-refractivity contribution in [2.75, 3.05) is 6.61 Å². The molecule has 3 heteroatoms. The van der Waals surface area contributed by atoms with E-state index in [1.807, 2.05) is 0 Å². The molecule has 0 fully saturated rings. The van der Waals surface area contributed by atoms with Gasteiger partial charge in [0.2, 0.25) is 0 Å². The zero-order chi connectivity index (χ0) is 15.2. The van der Waals surface area contributed by atoms with Gasteiger partial charge in [-0.3, -0.25) is 0 Å². The predicted molar refractivity (Wildman–Crippen MR) is 91.0 cm³/mol. The monoisotopic (exact) mass is 298 g/mol. The Morgan fingerprint density at radius 3 is 1.80 bits per heavy atom. The van der Waals surface area contributed by atoms with Crippen LogP contribution in [0.4, 0.5) is 0 Å². The summed E-state index contributed by atoms with van der Waals surface area (Å²) in [5.74, 6) is -0.255. The second kappa shape index (κ2) is 13.4. The van der Waals surface area contributed by atoms with Crippen LogP contribution < -0.4 is 0 Å². The van der Waals surface area contributed by atoms with Crippen molar-refractivity contribution in [2.24, 2.45) is 0 Å². The zero-order valence-electron chi connectivity index (χ0n) is 13.9. The third-order valence-corrected chi connectivity index (χ3v) is 5.07. The van der Waals surface area contributed by atoms with E-state index in [1.54, 1.807) is 6.92 Å². The second-order valence-corrected chi connectivity index (χ2v) is 9.65. The number of carbonyl (C=O) groups is 1. The van der Waals surface area contributed by atoms with E-state index in [1.165, 1.54) is 57.4 Å². The van der Waals surface area contributed by atoms with Gasteiger partial charge in [-0.25, -0.2) is 4.79 Å². The number of rotatable bonds is 13. The topological polar surface area (TPSA) is 26.3 Å². The van der Waals surface area contributed by atoms with E-state index >= 15 is 0 Å². The molecular formula is C17H34O2Si. The number of carbonyl (C=O) groups excluding carboxylic acids is 1. The van der Waals surface area contributed by atoms with Gasteiger partial charge in [-0.05, 0) is 13.3 Å². The third-order valence-electron chi connectivity index (χ3n) is 3.51. The highest BCUT2D eigenvalue weighted by Gasteiger charge is 2.01. The van der Waals surface area contributed by atoms with Crippen molar-refractivity contribution >= 4 is 14.8 Å². The molecule has 0 aliphatic rings. The summed E-state index contributed by atoms with van der Waals surface area (Å²) in [4.78, 5) is 11.1. The molecule has 0 N–H and O–H groups in total. The number of ether oxygens (including phenoxy) is 1. The molecule has 0 saturated heterocycles. The van der Waals surface area contributed by atoms with Gasteiger partial charge in [0.15, 0.2) is 0 Å². The van der Waals surface area contributed by atoms with Gasteiger partial charge in [0.05, 0.1) is 6.61 Å². The molecule has 0 aliphatic heterocycles. The fourth-order valence-electron chi connectivity index (χ4n) is 2.18. The maximum Gasteiger partial charge on any atom is 0.333 e. The lowest BCUT2D eigenvalue weighted by molar-refractivity contribution is -0.139. The molecule has 0 spiro atoms. The maximum absolute atomic E-state index is 11.1. The van der Waals surface area contributed by atoms with E-state index in [4.69, 9.17) is 4.74 Å². The Hall–Kier alpha value is -0.573. The lowest BCUT2D eigenvalue weighted by Crippen LogP contribution is -2.05. The molecular weight excluding hydrogens is 264 g/mol. The van der Waals surface area contributed by atoms with Crippen LogP contribution >= 0.6 is 0 Å². The van der Waals surface area contributed by atoms with Crippen LogP contribution in [0.3, 0.4) is 0 Å². The van der Waals surface area contributed by atoms with Crippen LogP contribution in [0, 0.1) is 0 Å². The van der Waals surface area contributed by atoms with Crippen molar-refractivity contribution in [3.8, 4) is 0 Å². The van der Waals surface area contributed by atoms with E-state index < -0.39 is 0 Å². The summed E-state index contributed by atoms with van der Waals surface area (Å²) in [6.45, 7) is 10.7. The van der Waals surface area contributed by atoms with Gasteiger partial charge in [0.1, 0.15) is 0 Å². The number of hydrogen-bond donors (Lipinski definition) is 0. The van der Waals surface area contributed by atoms with Gasteiger partial charge < -0.3 is 4.74 Å². The van der Waals surface area contributed by atoms with E-state index in [-0.39, 0.29) is 14.8 Å². The minimum absolute atomic E-state index is 0.255. The van der Waals surface area contributed by atoms with Crippen molar-refractivity contribution in [1.29, 1.82) is 0 Å². The summed E-state index contributed by atoms with van der Waals surface area (Å²) in [7, 11) is -0.307. The zero-order valence-corrected chi connectivity index (χ0v) is 15.0. The minimum Gasteiger partial charge on any atom is -0.462 e. The third kappa shape index (κ3) is 13.8. The number of unbranched alkanes of at least 4 members (excludes halogenated alkanes) is 8. The molecule has 0 saturated carbocycles. The molecule has 0 bridgehead atoms. The van der Waals surface area contributed by atoms with Crippen molar-refractivity contribution in [1.82, 2.24) is 0 Å². The first-order valence-corrected chi connectivity index (χ1v) is 11.5. The summed E-state index contributed by atoms with van der Waals surface area (Å²) >= 11 is 0. The van der Waals surface area contributed by atoms with Crippen molar-refractivity contribution in [3.63, 3.8) is 0 Å². The molecule has 0 aromatic rings. The molecule has 0 rings (SSSR count). The maximum atomic E-state index is 11.1. The molecule has 0 atom stereocenters. The number of hydrogen-bond acceptors (Lipinski definition) is 2. The molecule has 2 nitrogen and oxygen atoms in total. The summed E-state index contributed by atoms with van der Waals surface area (Å²) in [6.07, 6.45) is 11.8. The van der Waals surface area contributed by atoms with Crippen LogP contribution in [0.2, 0.25) is 19.1 Å². The van der Waals surface area contributed by atoms with Gasteiger partial charge in [-0.15, -0.1) is 0 Å². The Labute approximate surface area is 127 Å². The van der Waals surface area contributed by atoms with Crippen LogP contribution in [-0.4, -0.2) is 21.4 Å². The fourth-order valence-corrected chi connectivity index (χ4v) is 3.29. The van der Waals surface area contributed by atoms with Crippen LogP contribution in [0.15, 0.2) is 12.2 Å². The largest absolute Gasteiger partial charge is 0.462 e. The Kier molecular flexibility index (Phi) is 13.0. The molecule has 0 unspecified atom stereocenters. The van der Waals surface area contributed by atoms with Crippen LogP contribution in [0.25, 0.3) is 0 Å². The van der Waals surface area contributed by atoms with Crippen LogP contribution in [0.1, 0.15) is 64.7 Å². The lowest BCUT2D eigenvalue weighted by atomic mass is 10.1. The highest BCUT2D eigenvalue weighted by Crippen LogP contribution is 2.11. The SMILES string of the molecule is C=C(C)C(=O)OCCCCCCCCCCC[SiH](C)C. The van der Waals surface area contributed by atoms with Gasteiger partial charge in [-0.1, -0.05) is 77.1 Å².